The summed E-state index contributed by atoms with van der Waals surface area (Å²) < 4.78 is 5.63. The molecule has 2 rings (SSSR count). The van der Waals surface area contributed by atoms with Crippen LogP contribution in [0.1, 0.15) is 33.6 Å². The van der Waals surface area contributed by atoms with Gasteiger partial charge in [0.25, 0.3) is 5.91 Å². The number of halogens is 1. The van der Waals surface area contributed by atoms with E-state index in [9.17, 15) is 4.79 Å². The van der Waals surface area contributed by atoms with Crippen LogP contribution in [0.2, 0.25) is 5.02 Å². The lowest BCUT2D eigenvalue weighted by Crippen LogP contribution is -2.41. The van der Waals surface area contributed by atoms with Crippen LogP contribution in [0.25, 0.3) is 0 Å². The normalized spacial score (nSPS) is 22.8. The molecule has 0 unspecified atom stereocenters. The van der Waals surface area contributed by atoms with Crippen molar-refractivity contribution in [3.05, 3.63) is 29.3 Å². The van der Waals surface area contributed by atoms with E-state index in [0.29, 0.717) is 17.3 Å². The number of likely N-dealkylation sites (tertiary alicyclic amines) is 1. The molecule has 24 heavy (non-hydrogen) atoms. The van der Waals surface area contributed by atoms with Gasteiger partial charge in [-0.2, -0.15) is 0 Å². The Kier molecular flexibility index (Phi) is 7.38. The lowest BCUT2D eigenvalue weighted by molar-refractivity contribution is -0.127. The van der Waals surface area contributed by atoms with E-state index in [1.165, 1.54) is 19.5 Å². The topological polar surface area (TPSA) is 41.6 Å². The van der Waals surface area contributed by atoms with Crippen molar-refractivity contribution < 1.29 is 9.53 Å². The molecule has 1 aromatic rings. The lowest BCUT2D eigenvalue weighted by atomic mass is 9.92. The first kappa shape index (κ1) is 19.1. The molecule has 0 spiro atoms. The van der Waals surface area contributed by atoms with Crippen molar-refractivity contribution in [3.63, 3.8) is 0 Å². The van der Waals surface area contributed by atoms with Gasteiger partial charge < -0.3 is 15.0 Å². The fourth-order valence-corrected chi connectivity index (χ4v) is 3.61. The van der Waals surface area contributed by atoms with Crippen molar-refractivity contribution in [1.82, 2.24) is 10.2 Å². The summed E-state index contributed by atoms with van der Waals surface area (Å²) in [5, 5.41) is 3.56. The second-order valence-corrected chi connectivity index (χ2v) is 7.50. The zero-order chi connectivity index (χ0) is 17.5. The van der Waals surface area contributed by atoms with Gasteiger partial charge in [-0.15, -0.1) is 0 Å². The fourth-order valence-electron chi connectivity index (χ4n) is 3.43. The first-order valence-electron chi connectivity index (χ1n) is 8.86. The number of ether oxygens (including phenoxy) is 1. The maximum atomic E-state index is 12.1. The summed E-state index contributed by atoms with van der Waals surface area (Å²) in [6.45, 7) is 10.5. The van der Waals surface area contributed by atoms with Crippen LogP contribution in [0.5, 0.6) is 5.75 Å². The molecule has 1 amide bonds. The average Bonchev–Trinajstić information content (AvgIpc) is 2.50. The summed E-state index contributed by atoms with van der Waals surface area (Å²) in [5.41, 5.74) is 0. The fraction of sp³-hybridized carbons (Fsp3) is 0.632. The van der Waals surface area contributed by atoms with Gasteiger partial charge in [0.2, 0.25) is 0 Å². The lowest BCUT2D eigenvalue weighted by Gasteiger charge is -2.34. The van der Waals surface area contributed by atoms with Crippen molar-refractivity contribution in [2.24, 2.45) is 11.8 Å². The molecular formula is C19H29ClN2O2. The van der Waals surface area contributed by atoms with E-state index >= 15 is 0 Å². The number of rotatable bonds is 7. The molecule has 0 aliphatic carbocycles. The van der Waals surface area contributed by atoms with Gasteiger partial charge in [-0.3, -0.25) is 4.79 Å². The Morgan fingerprint density at radius 1 is 1.38 bits per heavy atom. The van der Waals surface area contributed by atoms with Gasteiger partial charge in [0.1, 0.15) is 5.75 Å². The van der Waals surface area contributed by atoms with Crippen molar-refractivity contribution in [3.8, 4) is 5.75 Å². The molecule has 0 radical (unpaired) electrons. The number of benzene rings is 1. The zero-order valence-corrected chi connectivity index (χ0v) is 15.7. The third-order valence-electron chi connectivity index (χ3n) is 4.37. The quantitative estimate of drug-likeness (QED) is 0.762. The molecule has 1 fully saturated rings. The summed E-state index contributed by atoms with van der Waals surface area (Å²) in [6, 6.07) is 7.10. The Hall–Kier alpha value is -1.26. The number of carbonyl (C=O) groups is 1. The van der Waals surface area contributed by atoms with Crippen LogP contribution >= 0.6 is 11.6 Å². The van der Waals surface area contributed by atoms with Crippen LogP contribution in [0, 0.1) is 11.8 Å². The third-order valence-corrected chi connectivity index (χ3v) is 4.61. The van der Waals surface area contributed by atoms with E-state index in [-0.39, 0.29) is 5.91 Å². The van der Waals surface area contributed by atoms with Gasteiger partial charge in [-0.1, -0.05) is 31.5 Å². The van der Waals surface area contributed by atoms with Crippen LogP contribution in [0.3, 0.4) is 0 Å². The summed E-state index contributed by atoms with van der Waals surface area (Å²) in [4.78, 5) is 14.6. The highest BCUT2D eigenvalue weighted by Crippen LogP contribution is 2.21. The smallest absolute Gasteiger partial charge is 0.260 e. The monoisotopic (exact) mass is 352 g/mol. The van der Waals surface area contributed by atoms with E-state index < -0.39 is 6.10 Å². The summed E-state index contributed by atoms with van der Waals surface area (Å²) in [6.07, 6.45) is 1.76. The number of amides is 1. The molecule has 1 N–H and O–H groups in total. The Morgan fingerprint density at radius 3 is 2.75 bits per heavy atom. The minimum absolute atomic E-state index is 0.0876. The molecule has 4 nitrogen and oxygen atoms in total. The third kappa shape index (κ3) is 6.33. The van der Waals surface area contributed by atoms with Gasteiger partial charge in [-0.25, -0.2) is 0 Å². The van der Waals surface area contributed by atoms with E-state index in [1.54, 1.807) is 25.1 Å². The maximum Gasteiger partial charge on any atom is 0.260 e. The number of hydrogen-bond acceptors (Lipinski definition) is 3. The van der Waals surface area contributed by atoms with E-state index in [4.69, 9.17) is 16.3 Å². The highest BCUT2D eigenvalue weighted by Gasteiger charge is 2.21. The van der Waals surface area contributed by atoms with E-state index in [2.05, 4.69) is 24.1 Å². The SMILES string of the molecule is C[C@@H]1C[C@H](C)CN(CCCNC(=O)[C@H](C)Oc2cccc(Cl)c2)C1. The Labute approximate surface area is 150 Å². The minimum atomic E-state index is -0.529. The van der Waals surface area contributed by atoms with Crippen LogP contribution in [0.15, 0.2) is 24.3 Å². The molecule has 1 aromatic carbocycles. The molecular weight excluding hydrogens is 324 g/mol. The van der Waals surface area contributed by atoms with Crippen molar-refractivity contribution in [1.29, 1.82) is 0 Å². The average molecular weight is 353 g/mol. The molecule has 1 aliphatic rings. The molecule has 1 saturated heterocycles. The molecule has 0 saturated carbocycles. The van der Waals surface area contributed by atoms with Crippen molar-refractivity contribution >= 4 is 17.5 Å². The summed E-state index contributed by atoms with van der Waals surface area (Å²) >= 11 is 5.92. The van der Waals surface area contributed by atoms with Gasteiger partial charge in [0.05, 0.1) is 0 Å². The number of nitrogens with one attached hydrogen (secondary N) is 1. The molecule has 0 bridgehead atoms. The number of nitrogens with zero attached hydrogens (tertiary/aromatic N) is 1. The zero-order valence-electron chi connectivity index (χ0n) is 14.9. The Bertz CT molecular complexity index is 528. The molecule has 1 aliphatic heterocycles. The second-order valence-electron chi connectivity index (χ2n) is 7.07. The maximum absolute atomic E-state index is 12.1. The van der Waals surface area contributed by atoms with E-state index in [1.807, 2.05) is 6.07 Å². The van der Waals surface area contributed by atoms with Gasteiger partial charge in [-0.05, 0) is 56.3 Å². The van der Waals surface area contributed by atoms with Gasteiger partial charge >= 0.3 is 0 Å². The molecule has 1 heterocycles. The van der Waals surface area contributed by atoms with Crippen molar-refractivity contribution in [2.45, 2.75) is 39.7 Å². The Morgan fingerprint density at radius 2 is 2.08 bits per heavy atom. The molecule has 3 atom stereocenters. The van der Waals surface area contributed by atoms with E-state index in [0.717, 1.165) is 24.8 Å². The summed E-state index contributed by atoms with van der Waals surface area (Å²) in [7, 11) is 0. The number of hydrogen-bond donors (Lipinski definition) is 1. The first-order valence-corrected chi connectivity index (χ1v) is 9.24. The Balaban J connectivity index is 1.65. The standard InChI is InChI=1S/C19H29ClN2O2/c1-14-10-15(2)13-22(12-14)9-5-8-21-19(23)16(3)24-18-7-4-6-17(20)11-18/h4,6-7,11,14-16H,5,8-10,12-13H2,1-3H3,(H,21,23)/t14-,15+,16-/m0/s1. The highest BCUT2D eigenvalue weighted by atomic mass is 35.5. The first-order chi connectivity index (χ1) is 11.4. The summed E-state index contributed by atoms with van der Waals surface area (Å²) in [5.74, 6) is 2.07. The number of carbonyl (C=O) groups excluding carboxylic acids is 1. The molecule has 0 aromatic heterocycles. The molecule has 134 valence electrons. The van der Waals surface area contributed by atoms with Crippen LogP contribution in [-0.4, -0.2) is 43.1 Å². The molecule has 5 heteroatoms. The van der Waals surface area contributed by atoms with Crippen LogP contribution < -0.4 is 10.1 Å². The predicted octanol–water partition coefficient (Wildman–Crippen LogP) is 3.59. The van der Waals surface area contributed by atoms with Crippen LogP contribution in [-0.2, 0) is 4.79 Å². The van der Waals surface area contributed by atoms with Crippen LogP contribution in [0.4, 0.5) is 0 Å². The second kappa shape index (κ2) is 9.28. The highest BCUT2D eigenvalue weighted by molar-refractivity contribution is 6.30. The van der Waals surface area contributed by atoms with Crippen molar-refractivity contribution in [2.75, 3.05) is 26.2 Å². The van der Waals surface area contributed by atoms with Gasteiger partial charge in [0.15, 0.2) is 6.10 Å². The van der Waals surface area contributed by atoms with Gasteiger partial charge in [0, 0.05) is 24.7 Å². The number of piperidine rings is 1. The largest absolute Gasteiger partial charge is 0.481 e. The predicted molar refractivity (Wildman–Crippen MR) is 98.6 cm³/mol. The minimum Gasteiger partial charge on any atom is -0.481 e.